The second-order valence-electron chi connectivity index (χ2n) is 9.33. The fraction of sp³-hybridized carbons (Fsp3) is 0.310. The summed E-state index contributed by atoms with van der Waals surface area (Å²) in [5.41, 5.74) is 3.44. The third kappa shape index (κ3) is 6.48. The number of urea groups is 1. The lowest BCUT2D eigenvalue weighted by Crippen LogP contribution is -2.36. The van der Waals surface area contributed by atoms with Gasteiger partial charge in [0.25, 0.3) is 0 Å². The smallest absolute Gasteiger partial charge is 0.319 e. The van der Waals surface area contributed by atoms with E-state index in [4.69, 9.17) is 9.47 Å². The first-order valence-electron chi connectivity index (χ1n) is 12.8. The first-order chi connectivity index (χ1) is 18.6. The number of benzene rings is 2. The molecule has 0 saturated heterocycles. The van der Waals surface area contributed by atoms with E-state index in [0.717, 1.165) is 59.4 Å². The van der Waals surface area contributed by atoms with Gasteiger partial charge in [-0.1, -0.05) is 37.1 Å². The highest BCUT2D eigenvalue weighted by molar-refractivity contribution is 7.22. The first-order valence-corrected chi connectivity index (χ1v) is 13.6. The normalized spacial score (nSPS) is 13.6. The number of ether oxygens (including phenoxy) is 2. The minimum absolute atomic E-state index is 0.0829. The van der Waals surface area contributed by atoms with Gasteiger partial charge in [0.05, 0.1) is 16.8 Å². The molecular formula is C29H31FN4O3S. The predicted octanol–water partition coefficient (Wildman–Crippen LogP) is 6.69. The van der Waals surface area contributed by atoms with Crippen molar-refractivity contribution in [2.75, 3.05) is 25.6 Å². The van der Waals surface area contributed by atoms with E-state index < -0.39 is 5.82 Å². The van der Waals surface area contributed by atoms with Crippen molar-refractivity contribution in [3.8, 4) is 21.9 Å². The maximum absolute atomic E-state index is 14.9. The number of methoxy groups -OCH3 is 1. The number of halogens is 1. The average Bonchev–Trinajstić information content (AvgIpc) is 3.59. The average molecular weight is 535 g/mol. The van der Waals surface area contributed by atoms with Gasteiger partial charge in [0, 0.05) is 55.1 Å². The Labute approximate surface area is 225 Å². The molecule has 1 aliphatic carbocycles. The van der Waals surface area contributed by atoms with Crippen LogP contribution in [0.1, 0.15) is 31.2 Å². The van der Waals surface area contributed by atoms with Crippen molar-refractivity contribution >= 4 is 33.3 Å². The molecule has 0 bridgehead atoms. The molecule has 0 aliphatic heterocycles. The molecule has 7 nitrogen and oxygen atoms in total. The van der Waals surface area contributed by atoms with Crippen molar-refractivity contribution in [2.45, 2.75) is 38.3 Å². The summed E-state index contributed by atoms with van der Waals surface area (Å²) in [7, 11) is 1.69. The molecule has 2 aromatic carbocycles. The molecular weight excluding hydrogens is 503 g/mol. The van der Waals surface area contributed by atoms with Gasteiger partial charge in [-0.15, -0.1) is 11.3 Å². The van der Waals surface area contributed by atoms with Crippen molar-refractivity contribution in [1.82, 2.24) is 15.6 Å². The fourth-order valence-corrected chi connectivity index (χ4v) is 5.60. The molecule has 1 fully saturated rings. The van der Waals surface area contributed by atoms with Gasteiger partial charge in [-0.05, 0) is 42.2 Å². The molecule has 198 valence electrons. The van der Waals surface area contributed by atoms with E-state index >= 15 is 0 Å². The summed E-state index contributed by atoms with van der Waals surface area (Å²) in [6, 6.07) is 16.4. The second kappa shape index (κ2) is 12.3. The summed E-state index contributed by atoms with van der Waals surface area (Å²) in [5.74, 6) is 0.0587. The van der Waals surface area contributed by atoms with Gasteiger partial charge < -0.3 is 25.4 Å². The highest BCUT2D eigenvalue weighted by Gasteiger charge is 2.18. The van der Waals surface area contributed by atoms with Crippen molar-refractivity contribution in [3.63, 3.8) is 0 Å². The summed E-state index contributed by atoms with van der Waals surface area (Å²) in [6.07, 6.45) is 5.87. The quantitative estimate of drug-likeness (QED) is 0.197. The van der Waals surface area contributed by atoms with Crippen LogP contribution in [-0.4, -0.2) is 37.3 Å². The molecule has 0 atom stereocenters. The largest absolute Gasteiger partial charge is 0.453 e. The molecule has 2 heterocycles. The van der Waals surface area contributed by atoms with E-state index in [2.05, 4.69) is 45.2 Å². The number of amides is 2. The zero-order chi connectivity index (χ0) is 26.3. The number of fused-ring (bicyclic) bond motifs is 1. The lowest BCUT2D eigenvalue weighted by atomic mass is 10.1. The maximum atomic E-state index is 14.9. The summed E-state index contributed by atoms with van der Waals surface area (Å²) >= 11 is 1.55. The summed E-state index contributed by atoms with van der Waals surface area (Å²) in [6.45, 7) is 2.26. The number of pyridine rings is 1. The van der Waals surface area contributed by atoms with Gasteiger partial charge in [0.2, 0.25) is 0 Å². The highest BCUT2D eigenvalue weighted by atomic mass is 32.1. The van der Waals surface area contributed by atoms with Crippen LogP contribution in [0.25, 0.3) is 20.7 Å². The van der Waals surface area contributed by atoms with Crippen molar-refractivity contribution in [1.29, 1.82) is 0 Å². The van der Waals surface area contributed by atoms with Crippen LogP contribution in [0.3, 0.4) is 0 Å². The minimum Gasteiger partial charge on any atom is -0.453 e. The van der Waals surface area contributed by atoms with Gasteiger partial charge >= 0.3 is 6.03 Å². The maximum Gasteiger partial charge on any atom is 0.319 e. The predicted molar refractivity (Wildman–Crippen MR) is 150 cm³/mol. The Morgan fingerprint density at radius 1 is 1.08 bits per heavy atom. The third-order valence-corrected chi connectivity index (χ3v) is 7.71. The molecule has 38 heavy (non-hydrogen) atoms. The number of rotatable bonds is 10. The van der Waals surface area contributed by atoms with Crippen molar-refractivity contribution in [3.05, 3.63) is 72.2 Å². The van der Waals surface area contributed by atoms with E-state index in [-0.39, 0.29) is 17.8 Å². The van der Waals surface area contributed by atoms with Crippen LogP contribution >= 0.6 is 11.3 Å². The van der Waals surface area contributed by atoms with Crippen LogP contribution in [0.5, 0.6) is 11.5 Å². The second-order valence-corrected chi connectivity index (χ2v) is 10.4. The molecule has 3 N–H and O–H groups in total. The lowest BCUT2D eigenvalue weighted by molar-refractivity contribution is 0.199. The van der Waals surface area contributed by atoms with E-state index in [1.54, 1.807) is 36.8 Å². The topological polar surface area (TPSA) is 84.5 Å². The molecule has 1 aliphatic rings. The number of hydrogen-bond acceptors (Lipinski definition) is 6. The monoisotopic (exact) mass is 534 g/mol. The van der Waals surface area contributed by atoms with Gasteiger partial charge in [-0.3, -0.25) is 4.98 Å². The Hall–Kier alpha value is -3.53. The van der Waals surface area contributed by atoms with E-state index in [0.29, 0.717) is 18.0 Å². The van der Waals surface area contributed by atoms with Gasteiger partial charge in [0.15, 0.2) is 11.6 Å². The van der Waals surface area contributed by atoms with Crippen molar-refractivity contribution < 1.29 is 18.7 Å². The molecule has 0 radical (unpaired) electrons. The summed E-state index contributed by atoms with van der Waals surface area (Å²) < 4.78 is 26.8. The van der Waals surface area contributed by atoms with E-state index in [9.17, 15) is 9.18 Å². The fourth-order valence-electron chi connectivity index (χ4n) is 4.53. The molecule has 4 aromatic rings. The van der Waals surface area contributed by atoms with Crippen LogP contribution in [0.2, 0.25) is 0 Å². The number of nitrogens with one attached hydrogen (secondary N) is 3. The third-order valence-electron chi connectivity index (χ3n) is 6.53. The zero-order valence-electron chi connectivity index (χ0n) is 21.3. The van der Waals surface area contributed by atoms with Gasteiger partial charge in [0.1, 0.15) is 5.75 Å². The number of thiophene rings is 1. The molecule has 5 rings (SSSR count). The Morgan fingerprint density at radius 2 is 1.89 bits per heavy atom. The number of hydrogen-bond donors (Lipinski definition) is 3. The Morgan fingerprint density at radius 3 is 2.66 bits per heavy atom. The number of aromatic nitrogens is 1. The molecule has 2 aromatic heterocycles. The van der Waals surface area contributed by atoms with Crippen LogP contribution in [0.4, 0.5) is 14.9 Å². The summed E-state index contributed by atoms with van der Waals surface area (Å²) in [4.78, 5) is 17.7. The highest BCUT2D eigenvalue weighted by Crippen LogP contribution is 2.39. The van der Waals surface area contributed by atoms with Crippen LogP contribution in [0.15, 0.2) is 60.8 Å². The minimum atomic E-state index is -0.555. The summed E-state index contributed by atoms with van der Waals surface area (Å²) in [5, 5.41) is 8.99. The molecule has 9 heteroatoms. The SMILES string of the molecule is COCCNCc1ccc(-c2cc3nccc(Oc4ccc(NC(=O)NC5CCCC5)cc4F)c3s2)cc1. The van der Waals surface area contributed by atoms with Gasteiger partial charge in [-0.2, -0.15) is 0 Å². The standard InChI is InChI=1S/C29H31FN4O3S/c1-36-15-14-31-18-19-6-8-20(9-7-19)27-17-24-28(38-27)26(12-13-32-24)37-25-11-10-22(16-23(25)30)34-29(35)33-21-4-2-3-5-21/h6-13,16-17,21,31H,2-5,14-15,18H2,1H3,(H2,33,34,35). The molecule has 2 amide bonds. The Balaban J connectivity index is 1.26. The Kier molecular flexibility index (Phi) is 8.47. The van der Waals surface area contributed by atoms with Crippen LogP contribution in [-0.2, 0) is 11.3 Å². The molecule has 0 spiro atoms. The number of carbonyl (C=O) groups is 1. The van der Waals surface area contributed by atoms with Crippen molar-refractivity contribution in [2.24, 2.45) is 0 Å². The van der Waals surface area contributed by atoms with Gasteiger partial charge in [-0.25, -0.2) is 9.18 Å². The van der Waals surface area contributed by atoms with E-state index in [1.165, 1.54) is 17.7 Å². The van der Waals surface area contributed by atoms with Crippen LogP contribution < -0.4 is 20.7 Å². The van der Waals surface area contributed by atoms with E-state index in [1.807, 2.05) is 6.07 Å². The Bertz CT molecular complexity index is 1390. The van der Waals surface area contributed by atoms with Crippen LogP contribution in [0, 0.1) is 5.82 Å². The number of carbonyl (C=O) groups excluding carboxylic acids is 1. The molecule has 0 unspecified atom stereocenters. The first kappa shape index (κ1) is 26.1. The lowest BCUT2D eigenvalue weighted by Gasteiger charge is -2.13. The zero-order valence-corrected chi connectivity index (χ0v) is 22.1. The number of anilines is 1. The number of nitrogens with zero attached hydrogens (tertiary/aromatic N) is 1. The molecule has 1 saturated carbocycles.